The molecule has 1 N–H and O–H groups in total. The summed E-state index contributed by atoms with van der Waals surface area (Å²) in [5, 5.41) is 8.14. The molecule has 0 spiro atoms. The molecular weight excluding hydrogens is 775 g/mol. The van der Waals surface area contributed by atoms with E-state index in [0.717, 1.165) is 43.9 Å². The van der Waals surface area contributed by atoms with E-state index in [2.05, 4.69) is 180 Å². The van der Waals surface area contributed by atoms with E-state index in [-0.39, 0.29) is 44.5 Å². The number of piperidine rings is 1. The summed E-state index contributed by atoms with van der Waals surface area (Å²) in [4.78, 5) is 6.77. The van der Waals surface area contributed by atoms with Gasteiger partial charge in [-0.15, -0.1) is 0 Å². The number of aromatic nitrogens is 3. The van der Waals surface area contributed by atoms with Crippen LogP contribution >= 0.6 is 0 Å². The zero-order valence-corrected chi connectivity index (χ0v) is 44.4. The van der Waals surface area contributed by atoms with Crippen molar-refractivity contribution in [1.82, 2.24) is 19.7 Å². The van der Waals surface area contributed by atoms with E-state index in [1.165, 1.54) is 12.8 Å². The third-order valence-electron chi connectivity index (χ3n) is 14.4. The van der Waals surface area contributed by atoms with Gasteiger partial charge in [0.2, 0.25) is 0 Å². The van der Waals surface area contributed by atoms with Crippen LogP contribution in [0.25, 0.3) is 5.69 Å². The normalized spacial score (nSPS) is 21.3. The molecule has 9 nitrogen and oxygen atoms in total. The number of nitrogens with one attached hydrogen (secondary N) is 1. The van der Waals surface area contributed by atoms with Gasteiger partial charge in [-0.2, -0.15) is 5.10 Å². The van der Waals surface area contributed by atoms with Crippen molar-refractivity contribution in [2.75, 3.05) is 31.6 Å². The van der Waals surface area contributed by atoms with Gasteiger partial charge in [0.15, 0.2) is 33.3 Å². The Morgan fingerprint density at radius 1 is 0.632 bits per heavy atom. The van der Waals surface area contributed by atoms with Gasteiger partial charge in [-0.3, -0.25) is 4.90 Å². The lowest BCUT2D eigenvalue weighted by Crippen LogP contribution is -2.70. The Morgan fingerprint density at radius 2 is 1.12 bits per heavy atom. The molecule has 3 unspecified atom stereocenters. The summed E-state index contributed by atoms with van der Waals surface area (Å²) in [6.45, 7) is 50.8. The Morgan fingerprint density at radius 3 is 1.61 bits per heavy atom. The molecule has 328 valence electrons. The predicted molar refractivity (Wildman–Crippen MR) is 253 cm³/mol. The second-order valence-corrected chi connectivity index (χ2v) is 42.0. The lowest BCUT2D eigenvalue weighted by molar-refractivity contribution is -0.128. The van der Waals surface area contributed by atoms with Gasteiger partial charge in [0.25, 0.3) is 0 Å². The Hall–Kier alpha value is -1.17. The predicted octanol–water partition coefficient (Wildman–Crippen LogP) is 12.1. The number of likely N-dealkylation sites (tertiary alicyclic amines) is 1. The fourth-order valence-corrected chi connectivity index (χ4v) is 11.1. The smallest absolute Gasteiger partial charge is 0.192 e. The van der Waals surface area contributed by atoms with Crippen LogP contribution < -0.4 is 5.32 Å². The topological polar surface area (TPSA) is 82.9 Å². The second-order valence-electron chi connectivity index (χ2n) is 23.0. The molecule has 4 atom stereocenters. The Bertz CT molecular complexity index is 1510. The van der Waals surface area contributed by atoms with Gasteiger partial charge in [0.05, 0.1) is 36.6 Å². The van der Waals surface area contributed by atoms with Gasteiger partial charge in [-0.05, 0) is 116 Å². The molecule has 2 aromatic rings. The monoisotopic (exact) mass is 862 g/mol. The van der Waals surface area contributed by atoms with Gasteiger partial charge < -0.3 is 23.0 Å². The van der Waals surface area contributed by atoms with E-state index in [4.69, 9.17) is 17.7 Å². The number of hydrogen-bond acceptors (Lipinski definition) is 8. The van der Waals surface area contributed by atoms with Crippen LogP contribution in [0.1, 0.15) is 109 Å². The molecule has 13 heteroatoms. The van der Waals surface area contributed by atoms with Crippen molar-refractivity contribution < 1.29 is 17.7 Å². The maximum absolute atomic E-state index is 7.72. The average Bonchev–Trinajstić information content (AvgIpc) is 3.59. The molecule has 2 heterocycles. The van der Waals surface area contributed by atoms with Crippen molar-refractivity contribution in [2.45, 2.75) is 206 Å². The fourth-order valence-electron chi connectivity index (χ4n) is 6.16. The SMILES string of the molecule is CC(C)(C)[Si](C)(C)OC[C@@H]1C(O[Si](C)(C)C(C)(C)C)C(O[Si](C)(C)C(C)(C)C)C(O[Si](C)(C)C(C)(C)C)CN1CCCCCCNc1ccc(-n2cncn2)cc1. The fraction of sp³-hybridized carbons (Fsp3) is 0.818. The van der Waals surface area contributed by atoms with Crippen LogP contribution in [0.5, 0.6) is 0 Å². The van der Waals surface area contributed by atoms with Crippen LogP contribution in [-0.4, -0.2) is 104 Å². The summed E-state index contributed by atoms with van der Waals surface area (Å²) in [6, 6.07) is 8.46. The van der Waals surface area contributed by atoms with E-state index in [9.17, 15) is 0 Å². The van der Waals surface area contributed by atoms with Crippen molar-refractivity contribution in [1.29, 1.82) is 0 Å². The molecule has 1 fully saturated rings. The minimum Gasteiger partial charge on any atom is -0.415 e. The lowest BCUT2D eigenvalue weighted by atomic mass is 9.94. The van der Waals surface area contributed by atoms with Crippen LogP contribution in [0.3, 0.4) is 0 Å². The van der Waals surface area contributed by atoms with Gasteiger partial charge >= 0.3 is 0 Å². The highest BCUT2D eigenvalue weighted by Crippen LogP contribution is 2.46. The molecule has 0 saturated carbocycles. The Balaban J connectivity index is 1.93. The van der Waals surface area contributed by atoms with Crippen LogP contribution in [0.2, 0.25) is 72.5 Å². The number of hydrogen-bond donors (Lipinski definition) is 1. The molecule has 1 aromatic carbocycles. The zero-order valence-electron chi connectivity index (χ0n) is 40.4. The zero-order chi connectivity index (χ0) is 43.5. The molecule has 1 aliphatic rings. The molecule has 0 radical (unpaired) electrons. The molecule has 3 rings (SSSR count). The van der Waals surface area contributed by atoms with Gasteiger partial charge in [-0.25, -0.2) is 9.67 Å². The molecular formula is C44H87N5O4Si4. The van der Waals surface area contributed by atoms with Gasteiger partial charge in [0.1, 0.15) is 12.7 Å². The van der Waals surface area contributed by atoms with Crippen LogP contribution in [0.4, 0.5) is 5.69 Å². The van der Waals surface area contributed by atoms with Crippen molar-refractivity contribution in [3.63, 3.8) is 0 Å². The molecule has 1 saturated heterocycles. The first-order valence-electron chi connectivity index (χ1n) is 21.9. The number of anilines is 1. The van der Waals surface area contributed by atoms with Crippen LogP contribution in [0, 0.1) is 0 Å². The molecule has 0 aliphatic carbocycles. The first-order chi connectivity index (χ1) is 25.8. The van der Waals surface area contributed by atoms with E-state index < -0.39 is 33.3 Å². The first kappa shape index (κ1) is 50.2. The average molecular weight is 863 g/mol. The molecule has 1 aromatic heterocycles. The number of nitrogens with zero attached hydrogens (tertiary/aromatic N) is 4. The number of benzene rings is 1. The number of rotatable bonds is 18. The standard InChI is InChI=1S/C44H87N5O4Si4/c1-41(2,3)54(13,14)50-32-37-39(52-56(17,18)43(7,8)9)40(53-57(19,20)44(10,11)12)38(51-55(15,16)42(4,5)6)31-48(37)30-24-22-21-23-29-46-35-25-27-36(28-26-35)49-34-45-33-47-49/h25-28,33-34,37-40,46H,21-24,29-32H2,1-20H3/t37-,38?,39?,40?/m1/s1. The highest BCUT2D eigenvalue weighted by Gasteiger charge is 2.55. The highest BCUT2D eigenvalue weighted by atomic mass is 28.4. The minimum atomic E-state index is -2.26. The Kier molecular flexibility index (Phi) is 16.6. The Labute approximate surface area is 354 Å². The van der Waals surface area contributed by atoms with Crippen molar-refractivity contribution in [3.05, 3.63) is 36.9 Å². The van der Waals surface area contributed by atoms with Crippen molar-refractivity contribution in [2.24, 2.45) is 0 Å². The summed E-state index contributed by atoms with van der Waals surface area (Å²) >= 11 is 0. The summed E-state index contributed by atoms with van der Waals surface area (Å²) in [7, 11) is -8.73. The summed E-state index contributed by atoms with van der Waals surface area (Å²) in [5.41, 5.74) is 2.14. The maximum Gasteiger partial charge on any atom is 0.192 e. The van der Waals surface area contributed by atoms with E-state index in [0.29, 0.717) is 6.61 Å². The summed E-state index contributed by atoms with van der Waals surface area (Å²) < 4.78 is 31.9. The minimum absolute atomic E-state index is 0.0464. The van der Waals surface area contributed by atoms with E-state index >= 15 is 0 Å². The molecule has 1 aliphatic heterocycles. The largest absolute Gasteiger partial charge is 0.415 e. The highest BCUT2D eigenvalue weighted by molar-refractivity contribution is 6.75. The first-order valence-corrected chi connectivity index (χ1v) is 33.5. The molecule has 57 heavy (non-hydrogen) atoms. The lowest BCUT2D eigenvalue weighted by Gasteiger charge is -2.56. The van der Waals surface area contributed by atoms with Crippen molar-refractivity contribution >= 4 is 39.0 Å². The van der Waals surface area contributed by atoms with E-state index in [1.54, 1.807) is 17.3 Å². The maximum atomic E-state index is 7.72. The summed E-state index contributed by atoms with van der Waals surface area (Å²) in [6.07, 6.45) is 7.46. The van der Waals surface area contributed by atoms with E-state index in [1.807, 2.05) is 0 Å². The molecule has 0 amide bonds. The summed E-state index contributed by atoms with van der Waals surface area (Å²) in [5.74, 6) is 0. The van der Waals surface area contributed by atoms with Crippen molar-refractivity contribution in [3.8, 4) is 5.69 Å². The quantitative estimate of drug-likeness (QED) is 0.117. The third kappa shape index (κ3) is 13.4. The third-order valence-corrected chi connectivity index (χ3v) is 32.3. The van der Waals surface area contributed by atoms with Crippen LogP contribution in [0.15, 0.2) is 36.9 Å². The molecule has 0 bridgehead atoms. The second kappa shape index (κ2) is 18.8. The van der Waals surface area contributed by atoms with Crippen LogP contribution in [-0.2, 0) is 17.7 Å². The van der Waals surface area contributed by atoms with Gasteiger partial charge in [-0.1, -0.05) is 95.9 Å². The number of unbranched alkanes of at least 4 members (excludes halogenated alkanes) is 3. The van der Waals surface area contributed by atoms with Gasteiger partial charge in [0, 0.05) is 18.8 Å².